The maximum absolute atomic E-state index is 12.0. The summed E-state index contributed by atoms with van der Waals surface area (Å²) in [5.74, 6) is 0.810. The van der Waals surface area contributed by atoms with Gasteiger partial charge in [0.05, 0.1) is 6.04 Å². The van der Waals surface area contributed by atoms with Crippen LogP contribution in [0.4, 0.5) is 0 Å². The molecule has 0 radical (unpaired) electrons. The van der Waals surface area contributed by atoms with Crippen LogP contribution in [0, 0.1) is 16.7 Å². The maximum Gasteiger partial charge on any atom is 0.221 e. The van der Waals surface area contributed by atoms with Crippen LogP contribution in [0.25, 0.3) is 0 Å². The number of carbonyl (C=O) groups excluding carboxylic acids is 1. The molecule has 1 aliphatic heterocycles. The predicted molar refractivity (Wildman–Crippen MR) is 76.6 cm³/mol. The molecule has 1 amide bonds. The van der Waals surface area contributed by atoms with Crippen LogP contribution in [0.2, 0.25) is 0 Å². The Kier molecular flexibility index (Phi) is 2.74. The largest absolute Gasteiger partial charge is 0.349 e. The topological polar surface area (TPSA) is 29.1 Å². The van der Waals surface area contributed by atoms with Crippen molar-refractivity contribution in [1.82, 2.24) is 5.32 Å². The van der Waals surface area contributed by atoms with Gasteiger partial charge in [0.15, 0.2) is 0 Å². The minimum absolute atomic E-state index is 0.113. The SMILES string of the molecule is CC1CC(C)(C)CC12CC(=O)NC2c1ccccc1. The molecule has 102 valence electrons. The first-order valence-corrected chi connectivity index (χ1v) is 7.27. The molecule has 1 N–H and O–H groups in total. The van der Waals surface area contributed by atoms with Gasteiger partial charge in [-0.3, -0.25) is 4.79 Å². The zero-order valence-corrected chi connectivity index (χ0v) is 12.1. The highest BCUT2D eigenvalue weighted by Gasteiger charge is 2.57. The summed E-state index contributed by atoms with van der Waals surface area (Å²) >= 11 is 0. The fourth-order valence-electron chi connectivity index (χ4n) is 4.61. The number of carbonyl (C=O) groups is 1. The average molecular weight is 257 g/mol. The molecule has 3 unspecified atom stereocenters. The van der Waals surface area contributed by atoms with Gasteiger partial charge in [-0.15, -0.1) is 0 Å². The minimum Gasteiger partial charge on any atom is -0.349 e. The predicted octanol–water partition coefficient (Wildman–Crippen LogP) is 3.69. The van der Waals surface area contributed by atoms with Gasteiger partial charge >= 0.3 is 0 Å². The van der Waals surface area contributed by atoms with E-state index in [1.807, 2.05) is 6.07 Å². The van der Waals surface area contributed by atoms with Crippen molar-refractivity contribution in [3.05, 3.63) is 35.9 Å². The first-order chi connectivity index (χ1) is 8.93. The summed E-state index contributed by atoms with van der Waals surface area (Å²) in [7, 11) is 0. The van der Waals surface area contributed by atoms with Gasteiger partial charge in [-0.2, -0.15) is 0 Å². The van der Waals surface area contributed by atoms with Gasteiger partial charge in [0.1, 0.15) is 0 Å². The van der Waals surface area contributed by atoms with E-state index in [2.05, 4.69) is 50.4 Å². The lowest BCUT2D eigenvalue weighted by Crippen LogP contribution is -2.31. The normalized spacial score (nSPS) is 36.7. The summed E-state index contributed by atoms with van der Waals surface area (Å²) < 4.78 is 0. The standard InChI is InChI=1S/C17H23NO/c1-12-9-16(2,3)11-17(12)10-14(19)18-15(17)13-7-5-4-6-8-13/h4-8,12,15H,9-11H2,1-3H3,(H,18,19). The van der Waals surface area contributed by atoms with E-state index in [0.29, 0.717) is 17.8 Å². The zero-order chi connectivity index (χ0) is 13.7. The molecule has 2 fully saturated rings. The Labute approximate surface area is 115 Å². The number of hydrogen-bond donors (Lipinski definition) is 1. The van der Waals surface area contributed by atoms with Crippen molar-refractivity contribution < 1.29 is 4.79 Å². The molecule has 1 saturated carbocycles. The average Bonchev–Trinajstić information content (AvgIpc) is 2.77. The number of benzene rings is 1. The van der Waals surface area contributed by atoms with Crippen molar-refractivity contribution in [1.29, 1.82) is 0 Å². The second kappa shape index (κ2) is 4.09. The van der Waals surface area contributed by atoms with Gasteiger partial charge in [-0.05, 0) is 29.7 Å². The number of rotatable bonds is 1. The van der Waals surface area contributed by atoms with Crippen molar-refractivity contribution in [3.63, 3.8) is 0 Å². The summed E-state index contributed by atoms with van der Waals surface area (Å²) in [6, 6.07) is 10.7. The van der Waals surface area contributed by atoms with Crippen LogP contribution in [0.5, 0.6) is 0 Å². The lowest BCUT2D eigenvalue weighted by atomic mass is 9.69. The van der Waals surface area contributed by atoms with Crippen LogP contribution >= 0.6 is 0 Å². The van der Waals surface area contributed by atoms with E-state index in [9.17, 15) is 4.79 Å². The molecule has 19 heavy (non-hydrogen) atoms. The quantitative estimate of drug-likeness (QED) is 0.816. The summed E-state index contributed by atoms with van der Waals surface area (Å²) in [5, 5.41) is 3.23. The van der Waals surface area contributed by atoms with Gasteiger partial charge in [0.2, 0.25) is 5.91 Å². The maximum atomic E-state index is 12.0. The molecule has 2 heteroatoms. The van der Waals surface area contributed by atoms with Crippen molar-refractivity contribution >= 4 is 5.91 Å². The van der Waals surface area contributed by atoms with Crippen LogP contribution in [-0.2, 0) is 4.79 Å². The smallest absolute Gasteiger partial charge is 0.221 e. The fourth-order valence-corrected chi connectivity index (χ4v) is 4.61. The lowest BCUT2D eigenvalue weighted by Gasteiger charge is -2.35. The number of nitrogens with one attached hydrogen (secondary N) is 1. The van der Waals surface area contributed by atoms with Gasteiger partial charge in [-0.25, -0.2) is 0 Å². The molecule has 0 bridgehead atoms. The molecule has 1 aromatic rings. The minimum atomic E-state index is 0.113. The van der Waals surface area contributed by atoms with Crippen LogP contribution < -0.4 is 5.32 Å². The number of amides is 1. The Morgan fingerprint density at radius 3 is 2.47 bits per heavy atom. The second-order valence-corrected chi connectivity index (χ2v) is 7.27. The molecule has 1 aromatic carbocycles. The van der Waals surface area contributed by atoms with Gasteiger partial charge < -0.3 is 5.32 Å². The fraction of sp³-hybridized carbons (Fsp3) is 0.588. The third-order valence-electron chi connectivity index (χ3n) is 5.15. The van der Waals surface area contributed by atoms with Crippen molar-refractivity contribution in [2.75, 3.05) is 0 Å². The molecule has 1 spiro atoms. The Morgan fingerprint density at radius 2 is 1.89 bits per heavy atom. The van der Waals surface area contributed by atoms with E-state index in [-0.39, 0.29) is 17.4 Å². The van der Waals surface area contributed by atoms with Crippen molar-refractivity contribution in [3.8, 4) is 0 Å². The van der Waals surface area contributed by atoms with Crippen LogP contribution in [-0.4, -0.2) is 5.91 Å². The molecule has 0 aromatic heterocycles. The molecule has 2 nitrogen and oxygen atoms in total. The zero-order valence-electron chi connectivity index (χ0n) is 12.1. The molecule has 3 atom stereocenters. The summed E-state index contributed by atoms with van der Waals surface area (Å²) in [4.78, 5) is 12.0. The lowest BCUT2D eigenvalue weighted by molar-refractivity contribution is -0.119. The molecule has 3 rings (SSSR count). The Bertz CT molecular complexity index is 493. The van der Waals surface area contributed by atoms with E-state index in [1.54, 1.807) is 0 Å². The van der Waals surface area contributed by atoms with E-state index in [0.717, 1.165) is 6.42 Å². The highest BCUT2D eigenvalue weighted by atomic mass is 16.2. The third-order valence-corrected chi connectivity index (χ3v) is 5.15. The Hall–Kier alpha value is -1.31. The summed E-state index contributed by atoms with van der Waals surface area (Å²) in [6.45, 7) is 7.00. The van der Waals surface area contributed by atoms with Crippen LogP contribution in [0.3, 0.4) is 0 Å². The summed E-state index contributed by atoms with van der Waals surface area (Å²) in [6.07, 6.45) is 3.04. The number of hydrogen-bond acceptors (Lipinski definition) is 1. The van der Waals surface area contributed by atoms with E-state index < -0.39 is 0 Å². The van der Waals surface area contributed by atoms with E-state index in [4.69, 9.17) is 0 Å². The monoisotopic (exact) mass is 257 g/mol. The highest BCUT2D eigenvalue weighted by molar-refractivity contribution is 5.80. The Morgan fingerprint density at radius 1 is 1.21 bits per heavy atom. The van der Waals surface area contributed by atoms with Crippen LogP contribution in [0.15, 0.2) is 30.3 Å². The summed E-state index contributed by atoms with van der Waals surface area (Å²) in [5.41, 5.74) is 1.72. The molecule has 1 heterocycles. The molecule has 1 aliphatic carbocycles. The van der Waals surface area contributed by atoms with Crippen molar-refractivity contribution in [2.24, 2.45) is 16.7 Å². The second-order valence-electron chi connectivity index (χ2n) is 7.27. The van der Waals surface area contributed by atoms with Gasteiger partial charge in [-0.1, -0.05) is 51.1 Å². The van der Waals surface area contributed by atoms with Crippen molar-refractivity contribution in [2.45, 2.75) is 46.1 Å². The third kappa shape index (κ3) is 1.98. The van der Waals surface area contributed by atoms with Crippen LogP contribution in [0.1, 0.15) is 51.6 Å². The molecule has 2 aliphatic rings. The first kappa shape index (κ1) is 12.7. The van der Waals surface area contributed by atoms with E-state index >= 15 is 0 Å². The molecular formula is C17H23NO. The van der Waals surface area contributed by atoms with Gasteiger partial charge in [0, 0.05) is 11.8 Å². The molecular weight excluding hydrogens is 234 g/mol. The highest BCUT2D eigenvalue weighted by Crippen LogP contribution is 2.62. The first-order valence-electron chi connectivity index (χ1n) is 7.27. The Balaban J connectivity index is 2.02. The van der Waals surface area contributed by atoms with Gasteiger partial charge in [0.25, 0.3) is 0 Å². The van der Waals surface area contributed by atoms with E-state index in [1.165, 1.54) is 12.0 Å². The molecule has 1 saturated heterocycles.